The highest BCUT2D eigenvalue weighted by molar-refractivity contribution is 5.86. The summed E-state index contributed by atoms with van der Waals surface area (Å²) >= 11 is 0. The summed E-state index contributed by atoms with van der Waals surface area (Å²) < 4.78 is 0. The standard InChI is InChI=1S/C17H27NO3/c1-12(2)9-16(6-4-7-16)14(19)18-10-13-5-3-8-17(13,11-18)15(20)21/h12-13H,3-11H2,1-2H3,(H,20,21)/t13-,17+/m0/s1. The van der Waals surface area contributed by atoms with Crippen LogP contribution in [0.25, 0.3) is 0 Å². The van der Waals surface area contributed by atoms with Crippen molar-refractivity contribution in [2.24, 2.45) is 22.7 Å². The summed E-state index contributed by atoms with van der Waals surface area (Å²) in [4.78, 5) is 26.7. The van der Waals surface area contributed by atoms with E-state index in [9.17, 15) is 14.7 Å². The Morgan fingerprint density at radius 2 is 1.95 bits per heavy atom. The lowest BCUT2D eigenvalue weighted by Gasteiger charge is -2.44. The van der Waals surface area contributed by atoms with Gasteiger partial charge in [0.25, 0.3) is 0 Å². The molecular formula is C17H27NO3. The zero-order valence-corrected chi connectivity index (χ0v) is 13.2. The van der Waals surface area contributed by atoms with E-state index in [4.69, 9.17) is 0 Å². The van der Waals surface area contributed by atoms with E-state index in [1.54, 1.807) is 0 Å². The molecule has 3 rings (SSSR count). The number of fused-ring (bicyclic) bond motifs is 1. The first-order valence-electron chi connectivity index (χ1n) is 8.42. The molecule has 0 aromatic rings. The first-order chi connectivity index (χ1) is 9.90. The number of hydrogen-bond donors (Lipinski definition) is 1. The van der Waals surface area contributed by atoms with Crippen molar-refractivity contribution >= 4 is 11.9 Å². The van der Waals surface area contributed by atoms with E-state index in [2.05, 4.69) is 13.8 Å². The molecule has 2 aliphatic carbocycles. The maximum absolute atomic E-state index is 13.0. The average Bonchev–Trinajstić information content (AvgIpc) is 2.89. The number of likely N-dealkylation sites (tertiary alicyclic amines) is 1. The molecule has 1 N–H and O–H groups in total. The second-order valence-corrected chi connectivity index (χ2v) is 7.97. The predicted octanol–water partition coefficient (Wildman–Crippen LogP) is 2.92. The molecule has 0 unspecified atom stereocenters. The second-order valence-electron chi connectivity index (χ2n) is 7.97. The topological polar surface area (TPSA) is 57.6 Å². The van der Waals surface area contributed by atoms with E-state index >= 15 is 0 Å². The summed E-state index contributed by atoms with van der Waals surface area (Å²) in [6.07, 6.45) is 6.78. The number of hydrogen-bond acceptors (Lipinski definition) is 2. The van der Waals surface area contributed by atoms with Crippen LogP contribution in [0.3, 0.4) is 0 Å². The molecule has 1 heterocycles. The normalized spacial score (nSPS) is 33.9. The van der Waals surface area contributed by atoms with Crippen molar-refractivity contribution in [1.29, 1.82) is 0 Å². The fourth-order valence-electron chi connectivity index (χ4n) is 5.02. The summed E-state index contributed by atoms with van der Waals surface area (Å²) in [7, 11) is 0. The lowest BCUT2D eigenvalue weighted by atomic mass is 9.63. The number of carbonyl (C=O) groups excluding carboxylic acids is 1. The van der Waals surface area contributed by atoms with Crippen LogP contribution in [0.1, 0.15) is 58.8 Å². The fourth-order valence-corrected chi connectivity index (χ4v) is 5.02. The van der Waals surface area contributed by atoms with Gasteiger partial charge in [-0.1, -0.05) is 26.7 Å². The number of carboxylic acids is 1. The number of amides is 1. The van der Waals surface area contributed by atoms with Gasteiger partial charge in [0, 0.05) is 18.5 Å². The molecule has 118 valence electrons. The lowest BCUT2D eigenvalue weighted by molar-refractivity contribution is -0.152. The summed E-state index contributed by atoms with van der Waals surface area (Å²) in [5.74, 6) is 0.254. The molecule has 1 amide bonds. The highest BCUT2D eigenvalue weighted by Gasteiger charge is 2.58. The van der Waals surface area contributed by atoms with Crippen molar-refractivity contribution in [2.75, 3.05) is 13.1 Å². The predicted molar refractivity (Wildman–Crippen MR) is 79.7 cm³/mol. The van der Waals surface area contributed by atoms with E-state index in [0.29, 0.717) is 19.0 Å². The van der Waals surface area contributed by atoms with Gasteiger partial charge in [0.1, 0.15) is 0 Å². The molecular weight excluding hydrogens is 266 g/mol. The molecule has 3 aliphatic rings. The molecule has 0 bridgehead atoms. The molecule has 1 aliphatic heterocycles. The minimum absolute atomic E-state index is 0.174. The third-order valence-corrected chi connectivity index (χ3v) is 6.15. The number of carboxylic acid groups (broad SMARTS) is 1. The number of rotatable bonds is 4. The van der Waals surface area contributed by atoms with Crippen LogP contribution in [0, 0.1) is 22.7 Å². The van der Waals surface area contributed by atoms with E-state index in [0.717, 1.165) is 44.9 Å². The van der Waals surface area contributed by atoms with Crippen LogP contribution >= 0.6 is 0 Å². The van der Waals surface area contributed by atoms with Gasteiger partial charge >= 0.3 is 5.97 Å². The molecule has 21 heavy (non-hydrogen) atoms. The van der Waals surface area contributed by atoms with Crippen molar-refractivity contribution < 1.29 is 14.7 Å². The summed E-state index contributed by atoms with van der Waals surface area (Å²) in [6, 6.07) is 0. The molecule has 1 saturated heterocycles. The van der Waals surface area contributed by atoms with Crippen molar-refractivity contribution in [1.82, 2.24) is 4.90 Å². The quantitative estimate of drug-likeness (QED) is 0.867. The molecule has 4 nitrogen and oxygen atoms in total. The van der Waals surface area contributed by atoms with E-state index in [-0.39, 0.29) is 17.2 Å². The summed E-state index contributed by atoms with van der Waals surface area (Å²) in [5, 5.41) is 9.66. The van der Waals surface area contributed by atoms with Crippen molar-refractivity contribution in [3.8, 4) is 0 Å². The van der Waals surface area contributed by atoms with Crippen LogP contribution in [-0.4, -0.2) is 35.0 Å². The molecule has 2 saturated carbocycles. The highest BCUT2D eigenvalue weighted by atomic mass is 16.4. The first kappa shape index (κ1) is 14.9. The van der Waals surface area contributed by atoms with Crippen LogP contribution in [0.15, 0.2) is 0 Å². The second kappa shape index (κ2) is 4.99. The Hall–Kier alpha value is -1.06. The van der Waals surface area contributed by atoms with Gasteiger partial charge in [-0.05, 0) is 43.9 Å². The Morgan fingerprint density at radius 3 is 2.43 bits per heavy atom. The van der Waals surface area contributed by atoms with E-state index in [1.165, 1.54) is 0 Å². The maximum Gasteiger partial charge on any atom is 0.311 e. The van der Waals surface area contributed by atoms with Gasteiger partial charge in [-0.3, -0.25) is 9.59 Å². The molecule has 0 radical (unpaired) electrons. The minimum Gasteiger partial charge on any atom is -0.481 e. The highest BCUT2D eigenvalue weighted by Crippen LogP contribution is 2.52. The Balaban J connectivity index is 1.77. The van der Waals surface area contributed by atoms with E-state index < -0.39 is 11.4 Å². The zero-order valence-electron chi connectivity index (χ0n) is 13.2. The molecule has 4 heteroatoms. The van der Waals surface area contributed by atoms with Crippen molar-refractivity contribution in [3.05, 3.63) is 0 Å². The lowest BCUT2D eigenvalue weighted by Crippen LogP contribution is -2.49. The smallest absolute Gasteiger partial charge is 0.311 e. The van der Waals surface area contributed by atoms with Gasteiger partial charge < -0.3 is 10.0 Å². The molecule has 0 aromatic heterocycles. The maximum atomic E-state index is 13.0. The third kappa shape index (κ3) is 2.18. The van der Waals surface area contributed by atoms with Crippen LogP contribution < -0.4 is 0 Å². The number of carbonyl (C=O) groups is 2. The monoisotopic (exact) mass is 293 g/mol. The van der Waals surface area contributed by atoms with Crippen LogP contribution in [-0.2, 0) is 9.59 Å². The largest absolute Gasteiger partial charge is 0.481 e. The number of nitrogens with zero attached hydrogens (tertiary/aromatic N) is 1. The van der Waals surface area contributed by atoms with Crippen LogP contribution in [0.5, 0.6) is 0 Å². The summed E-state index contributed by atoms with van der Waals surface area (Å²) in [6.45, 7) is 5.46. The van der Waals surface area contributed by atoms with Gasteiger partial charge in [0.05, 0.1) is 5.41 Å². The SMILES string of the molecule is CC(C)CC1(C(=O)N2C[C@@H]3CCC[C@@]3(C(=O)O)C2)CCC1. The van der Waals surface area contributed by atoms with Crippen LogP contribution in [0.2, 0.25) is 0 Å². The van der Waals surface area contributed by atoms with Gasteiger partial charge in [-0.25, -0.2) is 0 Å². The molecule has 0 spiro atoms. The van der Waals surface area contributed by atoms with Gasteiger partial charge in [0.2, 0.25) is 5.91 Å². The molecule has 2 atom stereocenters. The van der Waals surface area contributed by atoms with Gasteiger partial charge in [-0.2, -0.15) is 0 Å². The Bertz CT molecular complexity index is 455. The van der Waals surface area contributed by atoms with Crippen molar-refractivity contribution in [2.45, 2.75) is 58.8 Å². The molecule has 3 fully saturated rings. The zero-order chi connectivity index (χ0) is 15.3. The Morgan fingerprint density at radius 1 is 1.24 bits per heavy atom. The Kier molecular flexibility index (Phi) is 3.53. The van der Waals surface area contributed by atoms with Gasteiger partial charge in [-0.15, -0.1) is 0 Å². The third-order valence-electron chi connectivity index (χ3n) is 6.15. The molecule has 0 aromatic carbocycles. The van der Waals surface area contributed by atoms with Crippen molar-refractivity contribution in [3.63, 3.8) is 0 Å². The fraction of sp³-hybridized carbons (Fsp3) is 0.882. The number of aliphatic carboxylic acids is 1. The average molecular weight is 293 g/mol. The first-order valence-corrected chi connectivity index (χ1v) is 8.42. The van der Waals surface area contributed by atoms with E-state index in [1.807, 2.05) is 4.90 Å². The van der Waals surface area contributed by atoms with Crippen LogP contribution in [0.4, 0.5) is 0 Å². The van der Waals surface area contributed by atoms with Gasteiger partial charge in [0.15, 0.2) is 0 Å². The Labute approximate surface area is 126 Å². The minimum atomic E-state index is -0.688. The summed E-state index contributed by atoms with van der Waals surface area (Å²) in [5.41, 5.74) is -0.815.